The summed E-state index contributed by atoms with van der Waals surface area (Å²) in [6.07, 6.45) is 4.56. The fourth-order valence-electron chi connectivity index (χ4n) is 2.44. The third kappa shape index (κ3) is 2.95. The van der Waals surface area contributed by atoms with Crippen molar-refractivity contribution < 1.29 is 9.90 Å². The second-order valence-corrected chi connectivity index (χ2v) is 4.95. The van der Waals surface area contributed by atoms with E-state index < -0.39 is 0 Å². The number of piperazine rings is 1. The van der Waals surface area contributed by atoms with E-state index in [0.29, 0.717) is 11.8 Å². The van der Waals surface area contributed by atoms with Gasteiger partial charge in [0.1, 0.15) is 0 Å². The molecule has 92 valence electrons. The van der Waals surface area contributed by atoms with Gasteiger partial charge in [0.25, 0.3) is 0 Å². The van der Waals surface area contributed by atoms with Crippen molar-refractivity contribution in [2.45, 2.75) is 25.7 Å². The minimum atomic E-state index is 0.218. The van der Waals surface area contributed by atoms with Crippen molar-refractivity contribution in [1.29, 1.82) is 0 Å². The quantitative estimate of drug-likeness (QED) is 0.750. The maximum atomic E-state index is 11.9. The summed E-state index contributed by atoms with van der Waals surface area (Å²) >= 11 is 0. The van der Waals surface area contributed by atoms with Crippen LogP contribution in [0, 0.1) is 5.92 Å². The van der Waals surface area contributed by atoms with E-state index in [2.05, 4.69) is 4.90 Å². The molecule has 1 saturated heterocycles. The molecule has 0 spiro atoms. The number of aliphatic hydroxyl groups excluding tert-OH is 1. The van der Waals surface area contributed by atoms with Gasteiger partial charge in [0.05, 0.1) is 6.61 Å². The molecule has 1 aliphatic heterocycles. The number of rotatable bonds is 4. The second kappa shape index (κ2) is 5.64. The van der Waals surface area contributed by atoms with Crippen molar-refractivity contribution in [3.05, 3.63) is 0 Å². The Morgan fingerprint density at radius 1 is 1.19 bits per heavy atom. The summed E-state index contributed by atoms with van der Waals surface area (Å²) in [6.45, 7) is 4.46. The van der Waals surface area contributed by atoms with E-state index in [9.17, 15) is 4.79 Å². The molecule has 0 aromatic carbocycles. The molecular weight excluding hydrogens is 204 g/mol. The van der Waals surface area contributed by atoms with Crippen molar-refractivity contribution in [2.75, 3.05) is 39.3 Å². The molecule has 1 aliphatic carbocycles. The largest absolute Gasteiger partial charge is 0.395 e. The maximum absolute atomic E-state index is 11.9. The van der Waals surface area contributed by atoms with Crippen molar-refractivity contribution in [1.82, 2.24) is 9.80 Å². The van der Waals surface area contributed by atoms with Crippen LogP contribution in [0.3, 0.4) is 0 Å². The zero-order valence-electron chi connectivity index (χ0n) is 9.90. The van der Waals surface area contributed by atoms with Crippen molar-refractivity contribution in [3.63, 3.8) is 0 Å². The number of carbonyl (C=O) groups excluding carboxylic acids is 1. The molecular formula is C12H22N2O2. The third-order valence-electron chi connectivity index (χ3n) is 3.83. The van der Waals surface area contributed by atoms with E-state index in [4.69, 9.17) is 5.11 Å². The molecule has 4 nitrogen and oxygen atoms in total. The van der Waals surface area contributed by atoms with Crippen LogP contribution >= 0.6 is 0 Å². The normalized spacial score (nSPS) is 23.2. The molecule has 1 amide bonds. The van der Waals surface area contributed by atoms with Gasteiger partial charge in [-0.1, -0.05) is 6.42 Å². The Morgan fingerprint density at radius 3 is 2.38 bits per heavy atom. The van der Waals surface area contributed by atoms with Crippen molar-refractivity contribution in [2.24, 2.45) is 5.92 Å². The molecule has 0 aromatic rings. The van der Waals surface area contributed by atoms with E-state index in [1.54, 1.807) is 0 Å². The summed E-state index contributed by atoms with van der Waals surface area (Å²) in [5, 5.41) is 8.83. The van der Waals surface area contributed by atoms with Gasteiger partial charge >= 0.3 is 0 Å². The highest BCUT2D eigenvalue weighted by Gasteiger charge is 2.25. The Balaban J connectivity index is 1.68. The minimum Gasteiger partial charge on any atom is -0.395 e. The maximum Gasteiger partial charge on any atom is 0.222 e. The molecule has 4 heteroatoms. The zero-order valence-corrected chi connectivity index (χ0v) is 9.90. The van der Waals surface area contributed by atoms with Crippen LogP contribution in [-0.2, 0) is 4.79 Å². The smallest absolute Gasteiger partial charge is 0.222 e. The van der Waals surface area contributed by atoms with Crippen LogP contribution in [0.15, 0.2) is 0 Å². The SMILES string of the molecule is O=C(CC1CCC1)N1CCN(CCO)CC1. The highest BCUT2D eigenvalue weighted by molar-refractivity contribution is 5.76. The van der Waals surface area contributed by atoms with E-state index in [-0.39, 0.29) is 6.61 Å². The predicted molar refractivity (Wildman–Crippen MR) is 62.1 cm³/mol. The summed E-state index contributed by atoms with van der Waals surface area (Å²) in [5.41, 5.74) is 0. The molecule has 0 unspecified atom stereocenters. The first kappa shape index (κ1) is 11.9. The van der Waals surface area contributed by atoms with Gasteiger partial charge in [-0.05, 0) is 18.8 Å². The van der Waals surface area contributed by atoms with E-state index >= 15 is 0 Å². The Morgan fingerprint density at radius 2 is 1.88 bits per heavy atom. The Labute approximate surface area is 97.2 Å². The summed E-state index contributed by atoms with van der Waals surface area (Å²) in [7, 11) is 0. The summed E-state index contributed by atoms with van der Waals surface area (Å²) in [4.78, 5) is 16.1. The Hall–Kier alpha value is -0.610. The molecule has 0 atom stereocenters. The van der Waals surface area contributed by atoms with Crippen molar-refractivity contribution in [3.8, 4) is 0 Å². The summed E-state index contributed by atoms with van der Waals surface area (Å²) in [6, 6.07) is 0. The van der Waals surface area contributed by atoms with Gasteiger partial charge < -0.3 is 10.0 Å². The van der Waals surface area contributed by atoms with E-state index in [1.807, 2.05) is 4.90 Å². The van der Waals surface area contributed by atoms with Gasteiger partial charge in [0, 0.05) is 39.1 Å². The van der Waals surface area contributed by atoms with Gasteiger partial charge in [-0.2, -0.15) is 0 Å². The van der Waals surface area contributed by atoms with Gasteiger partial charge in [0.2, 0.25) is 5.91 Å². The second-order valence-electron chi connectivity index (χ2n) is 4.95. The molecule has 1 N–H and O–H groups in total. The third-order valence-corrected chi connectivity index (χ3v) is 3.83. The van der Waals surface area contributed by atoms with Crippen LogP contribution in [0.4, 0.5) is 0 Å². The van der Waals surface area contributed by atoms with Crippen LogP contribution in [0.25, 0.3) is 0 Å². The molecule has 1 heterocycles. The number of hydrogen-bond acceptors (Lipinski definition) is 3. The molecule has 0 aromatic heterocycles. The molecule has 2 fully saturated rings. The number of β-amino-alcohol motifs (C(OH)–C–C–N with tert-alkyl or cyclic N) is 1. The number of carbonyl (C=O) groups is 1. The van der Waals surface area contributed by atoms with Gasteiger partial charge in [-0.3, -0.25) is 9.69 Å². The zero-order chi connectivity index (χ0) is 11.4. The van der Waals surface area contributed by atoms with Gasteiger partial charge in [-0.15, -0.1) is 0 Å². The lowest BCUT2D eigenvalue weighted by molar-refractivity contribution is -0.134. The summed E-state index contributed by atoms with van der Waals surface area (Å²) in [5.74, 6) is 1.01. The molecule has 0 bridgehead atoms. The average molecular weight is 226 g/mol. The first-order valence-corrected chi connectivity index (χ1v) is 6.40. The molecule has 0 radical (unpaired) electrons. The number of amides is 1. The van der Waals surface area contributed by atoms with Crippen LogP contribution < -0.4 is 0 Å². The highest BCUT2D eigenvalue weighted by atomic mass is 16.3. The lowest BCUT2D eigenvalue weighted by atomic mass is 9.82. The van der Waals surface area contributed by atoms with Gasteiger partial charge in [-0.25, -0.2) is 0 Å². The first-order chi connectivity index (χ1) is 7.79. The first-order valence-electron chi connectivity index (χ1n) is 6.40. The van der Waals surface area contributed by atoms with E-state index in [1.165, 1.54) is 19.3 Å². The Kier molecular flexibility index (Phi) is 4.18. The molecule has 2 rings (SSSR count). The monoisotopic (exact) mass is 226 g/mol. The average Bonchev–Trinajstić information content (AvgIpc) is 2.25. The number of nitrogens with zero attached hydrogens (tertiary/aromatic N) is 2. The molecule has 16 heavy (non-hydrogen) atoms. The van der Waals surface area contributed by atoms with Crippen LogP contribution in [0.2, 0.25) is 0 Å². The van der Waals surface area contributed by atoms with Crippen LogP contribution in [-0.4, -0.2) is 60.1 Å². The Bertz CT molecular complexity index is 233. The highest BCUT2D eigenvalue weighted by Crippen LogP contribution is 2.29. The van der Waals surface area contributed by atoms with Gasteiger partial charge in [0.15, 0.2) is 0 Å². The van der Waals surface area contributed by atoms with Crippen LogP contribution in [0.1, 0.15) is 25.7 Å². The topological polar surface area (TPSA) is 43.8 Å². The lowest BCUT2D eigenvalue weighted by Crippen LogP contribution is -2.49. The van der Waals surface area contributed by atoms with E-state index in [0.717, 1.165) is 39.1 Å². The van der Waals surface area contributed by atoms with Crippen LogP contribution in [0.5, 0.6) is 0 Å². The molecule has 2 aliphatic rings. The fourth-order valence-corrected chi connectivity index (χ4v) is 2.44. The molecule has 1 saturated carbocycles. The lowest BCUT2D eigenvalue weighted by Gasteiger charge is -2.36. The number of hydrogen-bond donors (Lipinski definition) is 1. The standard InChI is InChI=1S/C12H22N2O2/c15-9-8-13-4-6-14(7-5-13)12(16)10-11-2-1-3-11/h11,15H,1-10H2. The minimum absolute atomic E-state index is 0.218. The summed E-state index contributed by atoms with van der Waals surface area (Å²) < 4.78 is 0. The predicted octanol–water partition coefficient (Wildman–Crippen LogP) is 0.313. The fraction of sp³-hybridized carbons (Fsp3) is 0.917. The number of aliphatic hydroxyl groups is 1. The van der Waals surface area contributed by atoms with Crippen molar-refractivity contribution >= 4 is 5.91 Å².